The molecule has 3 N–H and O–H groups in total. The van der Waals surface area contributed by atoms with Gasteiger partial charge in [-0.2, -0.15) is 0 Å². The van der Waals surface area contributed by atoms with Crippen LogP contribution in [-0.2, 0) is 0 Å². The summed E-state index contributed by atoms with van der Waals surface area (Å²) in [6.45, 7) is 3.01. The normalized spacial score (nSPS) is 11.2. The molecule has 0 aromatic carbocycles. The van der Waals surface area contributed by atoms with E-state index < -0.39 is 17.5 Å². The molecule has 0 aliphatic heterocycles. The lowest BCUT2D eigenvalue weighted by molar-refractivity contribution is 0.102. The van der Waals surface area contributed by atoms with Crippen molar-refractivity contribution in [3.8, 4) is 11.5 Å². The van der Waals surface area contributed by atoms with Gasteiger partial charge in [0.2, 0.25) is 0 Å². The molecule has 0 spiro atoms. The number of rotatable bonds is 5. The van der Waals surface area contributed by atoms with E-state index in [-0.39, 0.29) is 40.2 Å². The van der Waals surface area contributed by atoms with Gasteiger partial charge in [-0.05, 0) is 32.0 Å². The molecule has 148 valence electrons. The van der Waals surface area contributed by atoms with Crippen molar-refractivity contribution in [2.24, 2.45) is 10.7 Å². The van der Waals surface area contributed by atoms with Gasteiger partial charge in [0.1, 0.15) is 29.0 Å². The van der Waals surface area contributed by atoms with E-state index in [4.69, 9.17) is 10.5 Å². The van der Waals surface area contributed by atoms with Crippen molar-refractivity contribution in [2.45, 2.75) is 13.8 Å². The van der Waals surface area contributed by atoms with E-state index in [9.17, 15) is 13.6 Å². The molecule has 29 heavy (non-hydrogen) atoms. The zero-order valence-electron chi connectivity index (χ0n) is 15.5. The fourth-order valence-electron chi connectivity index (χ4n) is 2.30. The van der Waals surface area contributed by atoms with Gasteiger partial charge in [-0.25, -0.2) is 23.7 Å². The topological polar surface area (TPSA) is 115 Å². The van der Waals surface area contributed by atoms with Crippen molar-refractivity contribution < 1.29 is 18.3 Å². The van der Waals surface area contributed by atoms with Crippen LogP contribution >= 0.6 is 0 Å². The van der Waals surface area contributed by atoms with Crippen LogP contribution in [0.1, 0.15) is 23.0 Å². The van der Waals surface area contributed by atoms with Crippen molar-refractivity contribution >= 4 is 23.4 Å². The standard InChI is InChI=1S/C19H16F2N6O2/c1-10-16(21)3-4-17(25-10)27-19(28)15-6-14(9-24-18(15)26-11(2)22)29-13-5-12(20)7-23-8-13/h3-9H,1-2H3,(H2,22,24,26)(H,25,27,28). The summed E-state index contributed by atoms with van der Waals surface area (Å²) in [6.07, 6.45) is 3.65. The minimum atomic E-state index is -0.612. The Hall–Kier alpha value is -3.95. The Morgan fingerprint density at radius 2 is 1.93 bits per heavy atom. The first-order valence-electron chi connectivity index (χ1n) is 8.35. The molecule has 0 fully saturated rings. The van der Waals surface area contributed by atoms with Crippen LogP contribution in [0.4, 0.5) is 20.4 Å². The highest BCUT2D eigenvalue weighted by Crippen LogP contribution is 2.26. The highest BCUT2D eigenvalue weighted by Gasteiger charge is 2.16. The fourth-order valence-corrected chi connectivity index (χ4v) is 2.30. The molecule has 8 nitrogen and oxygen atoms in total. The predicted octanol–water partition coefficient (Wildman–Crippen LogP) is 3.51. The third kappa shape index (κ3) is 5.06. The van der Waals surface area contributed by atoms with E-state index >= 15 is 0 Å². The van der Waals surface area contributed by atoms with Gasteiger partial charge in [0.15, 0.2) is 5.82 Å². The molecule has 3 aromatic rings. The number of aryl methyl sites for hydroxylation is 1. The van der Waals surface area contributed by atoms with Gasteiger partial charge in [-0.3, -0.25) is 9.78 Å². The molecule has 0 atom stereocenters. The molecule has 0 radical (unpaired) electrons. The number of aromatic nitrogens is 3. The second kappa shape index (κ2) is 8.38. The maximum absolute atomic E-state index is 13.4. The highest BCUT2D eigenvalue weighted by molar-refractivity contribution is 6.07. The number of amidine groups is 1. The lowest BCUT2D eigenvalue weighted by atomic mass is 10.2. The van der Waals surface area contributed by atoms with Crippen molar-refractivity contribution in [1.82, 2.24) is 15.0 Å². The number of hydrogen-bond donors (Lipinski definition) is 2. The zero-order chi connectivity index (χ0) is 21.0. The number of nitrogens with two attached hydrogens (primary N) is 1. The van der Waals surface area contributed by atoms with Gasteiger partial charge in [0.25, 0.3) is 5.91 Å². The maximum Gasteiger partial charge on any atom is 0.260 e. The molecular weight excluding hydrogens is 382 g/mol. The molecule has 3 heterocycles. The molecule has 3 aromatic heterocycles. The SMILES string of the molecule is C/C(N)=N/c1ncc(Oc2cncc(F)c2)cc1C(=O)Nc1ccc(F)c(C)n1. The smallest absolute Gasteiger partial charge is 0.260 e. The lowest BCUT2D eigenvalue weighted by Crippen LogP contribution is -2.15. The number of amides is 1. The number of pyridine rings is 3. The first-order valence-corrected chi connectivity index (χ1v) is 8.35. The van der Waals surface area contributed by atoms with Crippen molar-refractivity contribution in [1.29, 1.82) is 0 Å². The summed E-state index contributed by atoms with van der Waals surface area (Å²) in [5, 5.41) is 2.55. The third-order valence-electron chi connectivity index (χ3n) is 3.55. The van der Waals surface area contributed by atoms with Crippen LogP contribution < -0.4 is 15.8 Å². The number of nitrogens with one attached hydrogen (secondary N) is 1. The summed E-state index contributed by atoms with van der Waals surface area (Å²) < 4.78 is 32.2. The van der Waals surface area contributed by atoms with Crippen LogP contribution in [0.25, 0.3) is 0 Å². The quantitative estimate of drug-likeness (QED) is 0.502. The number of carbonyl (C=O) groups excluding carboxylic acids is 1. The van der Waals surface area contributed by atoms with Crippen molar-refractivity contribution in [2.75, 3.05) is 5.32 Å². The molecule has 0 saturated heterocycles. The number of anilines is 1. The zero-order valence-corrected chi connectivity index (χ0v) is 15.5. The third-order valence-corrected chi connectivity index (χ3v) is 3.55. The number of hydrogen-bond acceptors (Lipinski definition) is 6. The van der Waals surface area contributed by atoms with Gasteiger partial charge in [0.05, 0.1) is 35.7 Å². The van der Waals surface area contributed by atoms with E-state index in [1.54, 1.807) is 0 Å². The maximum atomic E-state index is 13.4. The van der Waals surface area contributed by atoms with E-state index in [0.29, 0.717) is 0 Å². The van der Waals surface area contributed by atoms with Crippen molar-refractivity contribution in [3.05, 3.63) is 65.7 Å². The van der Waals surface area contributed by atoms with Crippen LogP contribution in [0.3, 0.4) is 0 Å². The van der Waals surface area contributed by atoms with Gasteiger partial charge in [0, 0.05) is 6.07 Å². The lowest BCUT2D eigenvalue weighted by Gasteiger charge is -2.10. The predicted molar refractivity (Wildman–Crippen MR) is 102 cm³/mol. The fraction of sp³-hybridized carbons (Fsp3) is 0.105. The van der Waals surface area contributed by atoms with Crippen LogP contribution in [0.2, 0.25) is 0 Å². The van der Waals surface area contributed by atoms with E-state index in [0.717, 1.165) is 12.3 Å². The second-order valence-electron chi connectivity index (χ2n) is 5.95. The molecule has 0 unspecified atom stereocenters. The Morgan fingerprint density at radius 3 is 2.62 bits per heavy atom. The Balaban J connectivity index is 1.93. The number of halogens is 2. The summed E-state index contributed by atoms with van der Waals surface area (Å²) in [5.41, 5.74) is 5.76. The molecule has 3 rings (SSSR count). The first-order chi connectivity index (χ1) is 13.8. The van der Waals surface area contributed by atoms with Crippen LogP contribution in [-0.4, -0.2) is 26.7 Å². The molecule has 0 aliphatic carbocycles. The minimum Gasteiger partial charge on any atom is -0.454 e. The Labute approximate surface area is 164 Å². The van der Waals surface area contributed by atoms with Gasteiger partial charge in [-0.15, -0.1) is 0 Å². The van der Waals surface area contributed by atoms with Crippen LogP contribution in [0, 0.1) is 18.6 Å². The molecule has 0 aliphatic rings. The van der Waals surface area contributed by atoms with Gasteiger partial charge >= 0.3 is 0 Å². The summed E-state index contributed by atoms with van der Waals surface area (Å²) >= 11 is 0. The first kappa shape index (κ1) is 19.8. The molecule has 0 bridgehead atoms. The van der Waals surface area contributed by atoms with Crippen LogP contribution in [0.15, 0.2) is 47.8 Å². The Morgan fingerprint density at radius 1 is 1.17 bits per heavy atom. The summed E-state index contributed by atoms with van der Waals surface area (Å²) in [4.78, 5) is 28.5. The largest absolute Gasteiger partial charge is 0.454 e. The summed E-state index contributed by atoms with van der Waals surface area (Å²) in [6, 6.07) is 5.01. The molecule has 1 amide bonds. The summed E-state index contributed by atoms with van der Waals surface area (Å²) in [5.74, 6) is -1.03. The average molecular weight is 398 g/mol. The van der Waals surface area contributed by atoms with E-state index in [2.05, 4.69) is 25.3 Å². The Kier molecular flexibility index (Phi) is 5.72. The summed E-state index contributed by atoms with van der Waals surface area (Å²) in [7, 11) is 0. The molecular formula is C19H16F2N6O2. The highest BCUT2D eigenvalue weighted by atomic mass is 19.1. The number of ether oxygens (including phenoxy) is 1. The van der Waals surface area contributed by atoms with Gasteiger partial charge in [-0.1, -0.05) is 0 Å². The average Bonchev–Trinajstić information content (AvgIpc) is 2.65. The monoisotopic (exact) mass is 398 g/mol. The second-order valence-corrected chi connectivity index (χ2v) is 5.95. The van der Waals surface area contributed by atoms with E-state index in [1.165, 1.54) is 44.4 Å². The number of carbonyl (C=O) groups is 1. The minimum absolute atomic E-state index is 0.0282. The number of nitrogens with zero attached hydrogens (tertiary/aromatic N) is 4. The molecule has 0 saturated carbocycles. The van der Waals surface area contributed by atoms with Crippen molar-refractivity contribution in [3.63, 3.8) is 0 Å². The van der Waals surface area contributed by atoms with Gasteiger partial charge < -0.3 is 15.8 Å². The Bertz CT molecular complexity index is 1100. The van der Waals surface area contributed by atoms with E-state index in [1.807, 2.05) is 0 Å². The van der Waals surface area contributed by atoms with Crippen LogP contribution in [0.5, 0.6) is 11.5 Å². The number of aliphatic imine (C=N–C) groups is 1. The molecule has 10 heteroatoms.